The fourth-order valence-electron chi connectivity index (χ4n) is 0.433. The molecule has 36 valence electrons. The van der Waals surface area contributed by atoms with E-state index in [1.807, 2.05) is 6.92 Å². The second-order valence-electron chi connectivity index (χ2n) is 1.61. The van der Waals surface area contributed by atoms with Crippen LogP contribution >= 0.6 is 0 Å². The molecule has 0 radical (unpaired) electrons. The zero-order valence-electron chi connectivity index (χ0n) is 4.10. The van der Waals surface area contributed by atoms with Gasteiger partial charge in [-0.25, -0.2) is 0 Å². The van der Waals surface area contributed by atoms with Crippen LogP contribution in [0.4, 0.5) is 0 Å². The van der Waals surface area contributed by atoms with E-state index in [0.29, 0.717) is 5.76 Å². The molecule has 0 heterocycles. The van der Waals surface area contributed by atoms with Crippen LogP contribution in [-0.2, 0) is 0 Å². The summed E-state index contributed by atoms with van der Waals surface area (Å²) >= 11 is 0. The maximum Gasteiger partial charge on any atom is 0.150 e. The quantitative estimate of drug-likeness (QED) is 0.450. The number of aliphatic hydroxyl groups is 1. The van der Waals surface area contributed by atoms with Gasteiger partial charge >= 0.3 is 0 Å². The van der Waals surface area contributed by atoms with Gasteiger partial charge in [-0.3, -0.25) is 0 Å². The minimum Gasteiger partial charge on any atom is -0.503 e. The third-order valence-corrected chi connectivity index (χ3v) is 0.965. The molecule has 1 aliphatic rings. The first-order valence-electron chi connectivity index (χ1n) is 2.21. The Kier molecular flexibility index (Phi) is 0.796. The summed E-state index contributed by atoms with van der Waals surface area (Å²) in [6.45, 7) is 1.89. The Morgan fingerprint density at radius 2 is 2.57 bits per heavy atom. The summed E-state index contributed by atoms with van der Waals surface area (Å²) in [6, 6.07) is 0. The molecular weight excluding hydrogens is 88.1 g/mol. The highest BCUT2D eigenvalue weighted by molar-refractivity contribution is 5.10. The molecule has 0 aromatic carbocycles. The Morgan fingerprint density at radius 1 is 1.86 bits per heavy atom. The van der Waals surface area contributed by atoms with Crippen molar-refractivity contribution in [2.45, 2.75) is 6.92 Å². The van der Waals surface area contributed by atoms with E-state index in [-0.39, 0.29) is 5.92 Å². The summed E-state index contributed by atoms with van der Waals surface area (Å²) in [4.78, 5) is 0. The van der Waals surface area contributed by atoms with E-state index in [0.717, 1.165) is 0 Å². The highest BCUT2D eigenvalue weighted by atomic mass is 16.3. The van der Waals surface area contributed by atoms with Gasteiger partial charge in [-0.15, -0.1) is 0 Å². The molecule has 1 aliphatic carbocycles. The molecule has 1 unspecified atom stereocenters. The molecule has 0 saturated carbocycles. The van der Waals surface area contributed by atoms with Crippen molar-refractivity contribution in [1.29, 1.82) is 0 Å². The molecule has 0 spiro atoms. The molecule has 1 N–H and O–H groups in total. The SMILES string of the molecule is CC1C=C=C=C1O. The number of aliphatic hydroxyl groups excluding tert-OH is 1. The van der Waals surface area contributed by atoms with Gasteiger partial charge in [0.1, 0.15) is 5.76 Å². The van der Waals surface area contributed by atoms with Gasteiger partial charge in [0, 0.05) is 5.92 Å². The number of rotatable bonds is 0. The topological polar surface area (TPSA) is 20.2 Å². The lowest BCUT2D eigenvalue weighted by Crippen LogP contribution is -1.87. The summed E-state index contributed by atoms with van der Waals surface area (Å²) in [5.41, 5.74) is 5.20. The van der Waals surface area contributed by atoms with Gasteiger partial charge in [-0.2, -0.15) is 0 Å². The van der Waals surface area contributed by atoms with Crippen LogP contribution in [0, 0.1) is 5.92 Å². The van der Waals surface area contributed by atoms with Crippen molar-refractivity contribution in [3.05, 3.63) is 23.3 Å². The maximum absolute atomic E-state index is 8.71. The van der Waals surface area contributed by atoms with E-state index in [4.69, 9.17) is 5.11 Å². The molecule has 1 atom stereocenters. The Hall–Kier alpha value is -0.900. The van der Waals surface area contributed by atoms with Crippen molar-refractivity contribution in [3.63, 3.8) is 0 Å². The standard InChI is InChI=1S/C6H6O/c1-5-3-2-4-6(5)7/h3,5,7H,1H3. The van der Waals surface area contributed by atoms with E-state index < -0.39 is 0 Å². The first-order chi connectivity index (χ1) is 3.30. The van der Waals surface area contributed by atoms with Crippen LogP contribution in [0.25, 0.3) is 0 Å². The van der Waals surface area contributed by atoms with Gasteiger partial charge in [0.05, 0.1) is 0 Å². The summed E-state index contributed by atoms with van der Waals surface area (Å²) in [6.07, 6.45) is 1.77. The predicted molar refractivity (Wildman–Crippen MR) is 26.9 cm³/mol. The molecule has 7 heavy (non-hydrogen) atoms. The molecule has 0 aromatic rings. The van der Waals surface area contributed by atoms with E-state index in [1.54, 1.807) is 6.08 Å². The highest BCUT2D eigenvalue weighted by Crippen LogP contribution is 2.09. The average Bonchev–Trinajstić information content (AvgIpc) is 1.91. The van der Waals surface area contributed by atoms with E-state index in [9.17, 15) is 0 Å². The van der Waals surface area contributed by atoms with Crippen LogP contribution in [-0.4, -0.2) is 5.11 Å². The van der Waals surface area contributed by atoms with Crippen LogP contribution in [0.15, 0.2) is 23.3 Å². The highest BCUT2D eigenvalue weighted by Gasteiger charge is 2.02. The third kappa shape index (κ3) is 0.592. The lowest BCUT2D eigenvalue weighted by molar-refractivity contribution is 0.370. The minimum absolute atomic E-state index is 0.139. The van der Waals surface area contributed by atoms with Gasteiger partial charge in [-0.1, -0.05) is 12.7 Å². The summed E-state index contributed by atoms with van der Waals surface area (Å²) in [5.74, 6) is 0.431. The zero-order valence-corrected chi connectivity index (χ0v) is 4.10. The molecule has 0 aliphatic heterocycles. The first-order valence-corrected chi connectivity index (χ1v) is 2.21. The van der Waals surface area contributed by atoms with Crippen LogP contribution in [0.5, 0.6) is 0 Å². The fourth-order valence-corrected chi connectivity index (χ4v) is 0.433. The molecule has 1 rings (SSSR count). The zero-order chi connectivity index (χ0) is 5.28. The smallest absolute Gasteiger partial charge is 0.150 e. The lowest BCUT2D eigenvalue weighted by Gasteiger charge is -1.93. The second-order valence-corrected chi connectivity index (χ2v) is 1.61. The average molecular weight is 94.1 g/mol. The molecular formula is C6H6O. The van der Waals surface area contributed by atoms with Crippen molar-refractivity contribution < 1.29 is 5.11 Å². The molecule has 0 fully saturated rings. The normalized spacial score (nSPS) is 25.9. The third-order valence-electron chi connectivity index (χ3n) is 0.965. The van der Waals surface area contributed by atoms with Crippen LogP contribution < -0.4 is 0 Å². The van der Waals surface area contributed by atoms with Crippen molar-refractivity contribution in [2.24, 2.45) is 5.92 Å². The monoisotopic (exact) mass is 94.0 g/mol. The Labute approximate surface area is 42.3 Å². The molecule has 1 nitrogen and oxygen atoms in total. The Bertz CT molecular complexity index is 167. The maximum atomic E-state index is 8.71. The van der Waals surface area contributed by atoms with Gasteiger partial charge in [0.15, 0.2) is 0 Å². The van der Waals surface area contributed by atoms with Gasteiger partial charge in [-0.05, 0) is 11.8 Å². The second kappa shape index (κ2) is 1.31. The molecule has 1 heteroatoms. The Morgan fingerprint density at radius 3 is 2.71 bits per heavy atom. The molecule has 0 bridgehead atoms. The lowest BCUT2D eigenvalue weighted by atomic mass is 10.2. The Balaban J connectivity index is 2.98. The van der Waals surface area contributed by atoms with Crippen molar-refractivity contribution in [1.82, 2.24) is 0 Å². The van der Waals surface area contributed by atoms with Crippen LogP contribution in [0.3, 0.4) is 0 Å². The largest absolute Gasteiger partial charge is 0.503 e. The van der Waals surface area contributed by atoms with E-state index in [1.165, 1.54) is 0 Å². The summed E-state index contributed by atoms with van der Waals surface area (Å²) in [5, 5.41) is 8.71. The number of allylic oxidation sites excluding steroid dienone is 1. The number of hydrogen-bond acceptors (Lipinski definition) is 1. The van der Waals surface area contributed by atoms with E-state index >= 15 is 0 Å². The molecule has 0 amide bonds. The van der Waals surface area contributed by atoms with E-state index in [2.05, 4.69) is 11.5 Å². The van der Waals surface area contributed by atoms with Gasteiger partial charge in [0.2, 0.25) is 0 Å². The van der Waals surface area contributed by atoms with Crippen LogP contribution in [0.1, 0.15) is 6.92 Å². The fraction of sp³-hybridized carbons (Fsp3) is 0.333. The molecule has 0 aromatic heterocycles. The minimum atomic E-state index is 0.139. The van der Waals surface area contributed by atoms with Crippen molar-refractivity contribution in [3.8, 4) is 0 Å². The van der Waals surface area contributed by atoms with Crippen molar-refractivity contribution in [2.75, 3.05) is 0 Å². The first kappa shape index (κ1) is 4.26. The summed E-state index contributed by atoms with van der Waals surface area (Å²) in [7, 11) is 0. The van der Waals surface area contributed by atoms with Gasteiger partial charge in [0.25, 0.3) is 0 Å². The van der Waals surface area contributed by atoms with Crippen molar-refractivity contribution >= 4 is 0 Å². The number of hydrogen-bond donors (Lipinski definition) is 1. The predicted octanol–water partition coefficient (Wildman–Crippen LogP) is 1.39. The van der Waals surface area contributed by atoms with Crippen LogP contribution in [0.2, 0.25) is 0 Å². The van der Waals surface area contributed by atoms with Gasteiger partial charge < -0.3 is 5.11 Å². The summed E-state index contributed by atoms with van der Waals surface area (Å²) < 4.78 is 0. The molecule has 0 saturated heterocycles.